The van der Waals surface area contributed by atoms with Crippen molar-refractivity contribution in [3.8, 4) is 0 Å². The van der Waals surface area contributed by atoms with Gasteiger partial charge in [0.05, 0.1) is 0 Å². The van der Waals surface area contributed by atoms with Gasteiger partial charge in [0.2, 0.25) is 0 Å². The maximum Gasteiger partial charge on any atom is 0.0346 e. The fourth-order valence-corrected chi connectivity index (χ4v) is 1.58. The number of hydrogen-bond acceptors (Lipinski definition) is 1. The Balaban J connectivity index is 2.49. The summed E-state index contributed by atoms with van der Waals surface area (Å²) in [6, 6.07) is 8.65. The number of fused-ring (bicyclic) bond motifs is 1. The van der Waals surface area contributed by atoms with E-state index in [-0.39, 0.29) is 0 Å². The van der Waals surface area contributed by atoms with Crippen LogP contribution in [0.1, 0.15) is 18.9 Å². The lowest BCUT2D eigenvalue weighted by molar-refractivity contribution is 0.923. The van der Waals surface area contributed by atoms with Crippen molar-refractivity contribution in [1.82, 2.24) is 4.98 Å². The standard InChI is InChI=1S/C12H13N/c1-2-3-10-4-5-12-9-13-7-6-11(12)8-10/h4-9H,2-3H2,1H3. The molecule has 0 aliphatic rings. The second-order valence-electron chi connectivity index (χ2n) is 3.31. The molecule has 1 heteroatoms. The van der Waals surface area contributed by atoms with Gasteiger partial charge in [-0.3, -0.25) is 4.98 Å². The van der Waals surface area contributed by atoms with Crippen LogP contribution < -0.4 is 0 Å². The molecule has 1 heterocycles. The van der Waals surface area contributed by atoms with E-state index in [1.165, 1.54) is 22.8 Å². The van der Waals surface area contributed by atoms with Gasteiger partial charge in [-0.25, -0.2) is 0 Å². The summed E-state index contributed by atoms with van der Waals surface area (Å²) in [6.45, 7) is 2.21. The van der Waals surface area contributed by atoms with E-state index in [1.807, 2.05) is 12.4 Å². The number of benzene rings is 1. The first-order chi connectivity index (χ1) is 6.40. The fourth-order valence-electron chi connectivity index (χ4n) is 1.58. The third kappa shape index (κ3) is 1.69. The smallest absolute Gasteiger partial charge is 0.0346 e. The summed E-state index contributed by atoms with van der Waals surface area (Å²) >= 11 is 0. The second-order valence-corrected chi connectivity index (χ2v) is 3.31. The van der Waals surface area contributed by atoms with Crippen molar-refractivity contribution in [2.75, 3.05) is 0 Å². The van der Waals surface area contributed by atoms with Gasteiger partial charge in [-0.1, -0.05) is 31.5 Å². The van der Waals surface area contributed by atoms with Gasteiger partial charge >= 0.3 is 0 Å². The van der Waals surface area contributed by atoms with Crippen molar-refractivity contribution in [1.29, 1.82) is 0 Å². The molecule has 0 saturated carbocycles. The third-order valence-corrected chi connectivity index (χ3v) is 2.24. The van der Waals surface area contributed by atoms with Gasteiger partial charge in [0, 0.05) is 17.8 Å². The van der Waals surface area contributed by atoms with E-state index in [2.05, 4.69) is 36.2 Å². The predicted molar refractivity (Wildman–Crippen MR) is 55.7 cm³/mol. The fraction of sp³-hybridized carbons (Fsp3) is 0.250. The van der Waals surface area contributed by atoms with Crippen LogP contribution in [-0.4, -0.2) is 4.98 Å². The summed E-state index contributed by atoms with van der Waals surface area (Å²) in [5.74, 6) is 0. The lowest BCUT2D eigenvalue weighted by Gasteiger charge is -2.00. The molecular formula is C12H13N. The lowest BCUT2D eigenvalue weighted by Crippen LogP contribution is -1.83. The molecule has 1 aromatic carbocycles. The van der Waals surface area contributed by atoms with E-state index in [4.69, 9.17) is 0 Å². The van der Waals surface area contributed by atoms with Crippen molar-refractivity contribution in [2.45, 2.75) is 19.8 Å². The van der Waals surface area contributed by atoms with Crippen LogP contribution in [0.5, 0.6) is 0 Å². The zero-order valence-electron chi connectivity index (χ0n) is 7.83. The average Bonchev–Trinajstić information content (AvgIpc) is 2.18. The monoisotopic (exact) mass is 171 g/mol. The van der Waals surface area contributed by atoms with E-state index in [1.54, 1.807) is 0 Å². The highest BCUT2D eigenvalue weighted by Crippen LogP contribution is 2.15. The highest BCUT2D eigenvalue weighted by atomic mass is 14.6. The van der Waals surface area contributed by atoms with E-state index >= 15 is 0 Å². The molecule has 0 radical (unpaired) electrons. The van der Waals surface area contributed by atoms with Gasteiger partial charge in [-0.15, -0.1) is 0 Å². The molecule has 13 heavy (non-hydrogen) atoms. The van der Waals surface area contributed by atoms with Crippen molar-refractivity contribution in [2.24, 2.45) is 0 Å². The summed E-state index contributed by atoms with van der Waals surface area (Å²) < 4.78 is 0. The van der Waals surface area contributed by atoms with Gasteiger partial charge in [0.15, 0.2) is 0 Å². The molecule has 0 bridgehead atoms. The summed E-state index contributed by atoms with van der Waals surface area (Å²) in [6.07, 6.45) is 6.12. The number of aromatic nitrogens is 1. The highest BCUT2D eigenvalue weighted by Gasteiger charge is 1.94. The van der Waals surface area contributed by atoms with E-state index in [0.717, 1.165) is 6.42 Å². The SMILES string of the molecule is CCCc1ccc2cnccc2c1. The topological polar surface area (TPSA) is 12.9 Å². The summed E-state index contributed by atoms with van der Waals surface area (Å²) in [4.78, 5) is 4.09. The second kappa shape index (κ2) is 3.56. The quantitative estimate of drug-likeness (QED) is 0.676. The molecule has 0 atom stereocenters. The number of nitrogens with zero attached hydrogens (tertiary/aromatic N) is 1. The Labute approximate surface area is 78.4 Å². The molecule has 0 aliphatic carbocycles. The van der Waals surface area contributed by atoms with E-state index in [0.29, 0.717) is 0 Å². The molecule has 0 unspecified atom stereocenters. The Kier molecular flexibility index (Phi) is 2.26. The van der Waals surface area contributed by atoms with Crippen molar-refractivity contribution >= 4 is 10.8 Å². The molecule has 66 valence electrons. The first-order valence-corrected chi connectivity index (χ1v) is 4.73. The maximum atomic E-state index is 4.09. The maximum absolute atomic E-state index is 4.09. The largest absolute Gasteiger partial charge is 0.264 e. The number of hydrogen-bond donors (Lipinski definition) is 0. The minimum Gasteiger partial charge on any atom is -0.264 e. The van der Waals surface area contributed by atoms with Crippen LogP contribution in [0.3, 0.4) is 0 Å². The summed E-state index contributed by atoms with van der Waals surface area (Å²) in [5, 5.41) is 2.52. The lowest BCUT2D eigenvalue weighted by atomic mass is 10.1. The molecular weight excluding hydrogens is 158 g/mol. The molecule has 0 amide bonds. The van der Waals surface area contributed by atoms with Gasteiger partial charge < -0.3 is 0 Å². The van der Waals surface area contributed by atoms with Gasteiger partial charge in [-0.05, 0) is 23.4 Å². The van der Waals surface area contributed by atoms with Gasteiger partial charge in [0.25, 0.3) is 0 Å². The van der Waals surface area contributed by atoms with Crippen molar-refractivity contribution in [3.63, 3.8) is 0 Å². The Hall–Kier alpha value is -1.37. The molecule has 1 aromatic heterocycles. The zero-order chi connectivity index (χ0) is 9.10. The summed E-state index contributed by atoms with van der Waals surface area (Å²) in [5.41, 5.74) is 1.42. The molecule has 0 saturated heterocycles. The van der Waals surface area contributed by atoms with Crippen LogP contribution in [0, 0.1) is 0 Å². The molecule has 0 N–H and O–H groups in total. The number of rotatable bonds is 2. The Bertz CT molecular complexity index is 407. The highest BCUT2D eigenvalue weighted by molar-refractivity contribution is 5.81. The molecule has 2 aromatic rings. The van der Waals surface area contributed by atoms with Crippen molar-refractivity contribution in [3.05, 3.63) is 42.2 Å². The average molecular weight is 171 g/mol. The molecule has 0 aliphatic heterocycles. The third-order valence-electron chi connectivity index (χ3n) is 2.24. The van der Waals surface area contributed by atoms with Gasteiger partial charge in [-0.2, -0.15) is 0 Å². The summed E-state index contributed by atoms with van der Waals surface area (Å²) in [7, 11) is 0. The Morgan fingerprint density at radius 1 is 1.15 bits per heavy atom. The van der Waals surface area contributed by atoms with E-state index in [9.17, 15) is 0 Å². The number of aryl methyl sites for hydroxylation is 1. The Morgan fingerprint density at radius 2 is 2.08 bits per heavy atom. The molecule has 2 rings (SSSR count). The van der Waals surface area contributed by atoms with Crippen molar-refractivity contribution < 1.29 is 0 Å². The zero-order valence-corrected chi connectivity index (χ0v) is 7.83. The van der Waals surface area contributed by atoms with Crippen LogP contribution >= 0.6 is 0 Å². The molecule has 1 nitrogen and oxygen atoms in total. The van der Waals surface area contributed by atoms with Crippen LogP contribution in [0.25, 0.3) is 10.8 Å². The normalized spacial score (nSPS) is 10.5. The van der Waals surface area contributed by atoms with Gasteiger partial charge in [0.1, 0.15) is 0 Å². The van der Waals surface area contributed by atoms with Crippen LogP contribution in [0.15, 0.2) is 36.7 Å². The molecule has 0 spiro atoms. The van der Waals surface area contributed by atoms with E-state index < -0.39 is 0 Å². The minimum absolute atomic E-state index is 1.16. The minimum atomic E-state index is 1.16. The first-order valence-electron chi connectivity index (χ1n) is 4.73. The predicted octanol–water partition coefficient (Wildman–Crippen LogP) is 3.19. The van der Waals surface area contributed by atoms with Crippen LogP contribution in [0.4, 0.5) is 0 Å². The first kappa shape index (κ1) is 8.24. The van der Waals surface area contributed by atoms with Crippen LogP contribution in [0.2, 0.25) is 0 Å². The Morgan fingerprint density at radius 3 is 2.92 bits per heavy atom. The number of pyridine rings is 1. The molecule has 0 fully saturated rings. The van der Waals surface area contributed by atoms with Crippen LogP contribution in [-0.2, 0) is 6.42 Å².